The fourth-order valence-corrected chi connectivity index (χ4v) is 2.21. The summed E-state index contributed by atoms with van der Waals surface area (Å²) in [5, 5.41) is 10.6. The molecule has 0 spiro atoms. The first kappa shape index (κ1) is 9.41. The third kappa shape index (κ3) is 1.56. The highest BCUT2D eigenvalue weighted by molar-refractivity contribution is 7.73. The van der Waals surface area contributed by atoms with E-state index >= 15 is 0 Å². The fraction of sp³-hybridized carbons (Fsp3) is 0.429. The van der Waals surface area contributed by atoms with Crippen molar-refractivity contribution in [2.45, 2.75) is 19.9 Å². The van der Waals surface area contributed by atoms with Crippen molar-refractivity contribution in [2.75, 3.05) is 0 Å². The molecule has 0 radical (unpaired) electrons. The molecule has 0 bridgehead atoms. The molecule has 1 aromatic heterocycles. The predicted molar refractivity (Wildman–Crippen MR) is 50.2 cm³/mol. The molecule has 12 heavy (non-hydrogen) atoms. The average Bonchev–Trinajstić information content (AvgIpc) is 2.30. The molecule has 0 amide bonds. The van der Waals surface area contributed by atoms with Gasteiger partial charge in [0, 0.05) is 11.1 Å². The molecule has 1 unspecified atom stereocenters. The largest absolute Gasteiger partial charge is 0.480 e. The normalized spacial score (nSPS) is 12.8. The van der Waals surface area contributed by atoms with E-state index < -0.39 is 12.0 Å². The lowest BCUT2D eigenvalue weighted by molar-refractivity contribution is -0.140. The van der Waals surface area contributed by atoms with Gasteiger partial charge >= 0.3 is 5.97 Å². The minimum absolute atomic E-state index is 0.566. The van der Waals surface area contributed by atoms with E-state index in [1.54, 1.807) is 11.5 Å². The molecule has 0 aliphatic rings. The topological polar surface area (TPSA) is 42.2 Å². The van der Waals surface area contributed by atoms with E-state index in [-0.39, 0.29) is 0 Å². The number of hydrogen-bond donors (Lipinski definition) is 1. The van der Waals surface area contributed by atoms with Crippen LogP contribution in [-0.2, 0) is 4.79 Å². The zero-order valence-electron chi connectivity index (χ0n) is 6.77. The number of rotatable bonds is 2. The van der Waals surface area contributed by atoms with Crippen LogP contribution in [0.5, 0.6) is 0 Å². The Bertz CT molecular complexity index is 353. The molecule has 0 aliphatic carbocycles. The molecule has 0 aromatic carbocycles. The number of hydrogen-bond acceptors (Lipinski definition) is 3. The Balaban J connectivity index is 3.18. The lowest BCUT2D eigenvalue weighted by Gasteiger charge is -2.09. The Morgan fingerprint density at radius 1 is 1.83 bits per heavy atom. The van der Waals surface area contributed by atoms with E-state index in [9.17, 15) is 4.79 Å². The third-order valence-electron chi connectivity index (χ3n) is 1.65. The van der Waals surface area contributed by atoms with Crippen LogP contribution in [-0.4, -0.2) is 15.6 Å². The predicted octanol–water partition coefficient (Wildman–Crippen LogP) is 2.23. The van der Waals surface area contributed by atoms with Crippen LogP contribution in [0.4, 0.5) is 0 Å². The van der Waals surface area contributed by atoms with Gasteiger partial charge in [0.05, 0.1) is 0 Å². The molecular weight excluding hydrogens is 194 g/mol. The van der Waals surface area contributed by atoms with Gasteiger partial charge in [-0.05, 0) is 26.1 Å². The van der Waals surface area contributed by atoms with E-state index in [2.05, 4.69) is 0 Å². The first-order chi connectivity index (χ1) is 5.54. The maximum absolute atomic E-state index is 10.6. The summed E-state index contributed by atoms with van der Waals surface area (Å²) in [7, 11) is 0. The third-order valence-corrected chi connectivity index (χ3v) is 2.99. The number of carboxylic acid groups (broad SMARTS) is 1. The van der Waals surface area contributed by atoms with Gasteiger partial charge in [0.2, 0.25) is 0 Å². The lowest BCUT2D eigenvalue weighted by atomic mass is 10.3. The SMILES string of the molecule is Cc1csc(=S)n1C(C)C(=O)O. The van der Waals surface area contributed by atoms with Crippen molar-refractivity contribution in [3.05, 3.63) is 15.0 Å². The van der Waals surface area contributed by atoms with Gasteiger partial charge in [-0.1, -0.05) is 0 Å². The van der Waals surface area contributed by atoms with E-state index in [0.29, 0.717) is 3.95 Å². The Labute approximate surface area is 79.3 Å². The fourth-order valence-electron chi connectivity index (χ4n) is 0.967. The standard InChI is InChI=1S/C7H9NO2S2/c1-4-3-12-7(11)8(4)5(2)6(9)10/h3,5H,1-2H3,(H,9,10). The summed E-state index contributed by atoms with van der Waals surface area (Å²) in [6.07, 6.45) is 0. The first-order valence-corrected chi connectivity index (χ1v) is 4.72. The van der Waals surface area contributed by atoms with Crippen LogP contribution < -0.4 is 0 Å². The van der Waals surface area contributed by atoms with Crippen LogP contribution in [0.2, 0.25) is 0 Å². The van der Waals surface area contributed by atoms with Gasteiger partial charge in [-0.25, -0.2) is 4.79 Å². The highest BCUT2D eigenvalue weighted by Crippen LogP contribution is 2.16. The highest BCUT2D eigenvalue weighted by atomic mass is 32.1. The van der Waals surface area contributed by atoms with Crippen LogP contribution in [0.1, 0.15) is 18.7 Å². The first-order valence-electron chi connectivity index (χ1n) is 3.43. The Morgan fingerprint density at radius 3 is 2.75 bits per heavy atom. The van der Waals surface area contributed by atoms with E-state index in [4.69, 9.17) is 17.3 Å². The maximum Gasteiger partial charge on any atom is 0.326 e. The zero-order valence-corrected chi connectivity index (χ0v) is 8.41. The number of aryl methyl sites for hydroxylation is 1. The average molecular weight is 203 g/mol. The van der Waals surface area contributed by atoms with Crippen LogP contribution in [0.25, 0.3) is 0 Å². The van der Waals surface area contributed by atoms with Gasteiger partial charge in [-0.15, -0.1) is 11.3 Å². The molecule has 1 rings (SSSR count). The molecule has 5 heteroatoms. The van der Waals surface area contributed by atoms with Gasteiger partial charge in [0.1, 0.15) is 6.04 Å². The second-order valence-electron chi connectivity index (χ2n) is 2.53. The van der Waals surface area contributed by atoms with Gasteiger partial charge in [0.15, 0.2) is 3.95 Å². The van der Waals surface area contributed by atoms with E-state index in [1.807, 2.05) is 12.3 Å². The molecule has 3 nitrogen and oxygen atoms in total. The Kier molecular flexibility index (Phi) is 2.64. The Morgan fingerprint density at radius 2 is 2.42 bits per heavy atom. The summed E-state index contributed by atoms with van der Waals surface area (Å²) in [4.78, 5) is 10.6. The van der Waals surface area contributed by atoms with Crippen molar-refractivity contribution < 1.29 is 9.90 Å². The summed E-state index contributed by atoms with van der Waals surface area (Å²) in [5.74, 6) is -0.854. The molecule has 0 saturated carbocycles. The van der Waals surface area contributed by atoms with Crippen molar-refractivity contribution >= 4 is 29.5 Å². The maximum atomic E-state index is 10.6. The number of nitrogens with zero attached hydrogens (tertiary/aromatic N) is 1. The minimum atomic E-state index is -0.854. The van der Waals surface area contributed by atoms with E-state index in [1.165, 1.54) is 11.3 Å². The lowest BCUT2D eigenvalue weighted by Crippen LogP contribution is -2.16. The molecule has 1 atom stereocenters. The van der Waals surface area contributed by atoms with Crippen LogP contribution in [0.3, 0.4) is 0 Å². The number of carbonyl (C=O) groups is 1. The number of aliphatic carboxylic acids is 1. The quantitative estimate of drug-likeness (QED) is 0.749. The number of aromatic nitrogens is 1. The summed E-state index contributed by atoms with van der Waals surface area (Å²) < 4.78 is 2.25. The molecule has 0 aliphatic heterocycles. The van der Waals surface area contributed by atoms with Gasteiger partial charge in [-0.2, -0.15) is 0 Å². The zero-order chi connectivity index (χ0) is 9.30. The summed E-state index contributed by atoms with van der Waals surface area (Å²) in [6.45, 7) is 3.48. The molecule has 0 fully saturated rings. The van der Waals surface area contributed by atoms with Crippen molar-refractivity contribution in [3.8, 4) is 0 Å². The monoisotopic (exact) mass is 203 g/mol. The molecule has 1 N–H and O–H groups in total. The highest BCUT2D eigenvalue weighted by Gasteiger charge is 2.15. The molecule has 1 aromatic rings. The molecular formula is C7H9NO2S2. The summed E-state index contributed by atoms with van der Waals surface area (Å²) >= 11 is 6.38. The van der Waals surface area contributed by atoms with Crippen LogP contribution >= 0.6 is 23.6 Å². The number of thiazole rings is 1. The van der Waals surface area contributed by atoms with Crippen molar-refractivity contribution in [1.29, 1.82) is 0 Å². The van der Waals surface area contributed by atoms with Gasteiger partial charge < -0.3 is 9.67 Å². The number of carboxylic acids is 1. The second kappa shape index (κ2) is 3.37. The molecule has 66 valence electrons. The molecule has 1 heterocycles. The summed E-state index contributed by atoms with van der Waals surface area (Å²) in [6, 6.07) is -0.566. The molecule has 0 saturated heterocycles. The van der Waals surface area contributed by atoms with E-state index in [0.717, 1.165) is 5.69 Å². The minimum Gasteiger partial charge on any atom is -0.480 e. The van der Waals surface area contributed by atoms with Crippen molar-refractivity contribution in [1.82, 2.24) is 4.57 Å². The smallest absolute Gasteiger partial charge is 0.326 e. The van der Waals surface area contributed by atoms with Gasteiger partial charge in [-0.3, -0.25) is 0 Å². The van der Waals surface area contributed by atoms with Crippen molar-refractivity contribution in [3.63, 3.8) is 0 Å². The Hall–Kier alpha value is -0.680. The summed E-state index contributed by atoms with van der Waals surface area (Å²) in [5.41, 5.74) is 0.903. The van der Waals surface area contributed by atoms with Crippen LogP contribution in [0.15, 0.2) is 5.38 Å². The second-order valence-corrected chi connectivity index (χ2v) is 4.03. The van der Waals surface area contributed by atoms with Crippen molar-refractivity contribution in [2.24, 2.45) is 0 Å². The van der Waals surface area contributed by atoms with Gasteiger partial charge in [0.25, 0.3) is 0 Å². The van der Waals surface area contributed by atoms with Crippen LogP contribution in [0, 0.1) is 10.9 Å².